The fourth-order valence-electron chi connectivity index (χ4n) is 2.70. The molecule has 0 aliphatic rings. The largest absolute Gasteiger partial charge is 1.00 e. The number of aryl methyl sites for hydroxylation is 2. The minimum absolute atomic E-state index is 0. The van der Waals surface area contributed by atoms with E-state index >= 15 is 0 Å². The molecule has 0 spiro atoms. The van der Waals surface area contributed by atoms with E-state index in [0.717, 1.165) is 31.1 Å². The summed E-state index contributed by atoms with van der Waals surface area (Å²) in [6.45, 7) is 4.22. The van der Waals surface area contributed by atoms with Gasteiger partial charge in [-0.1, -0.05) is 51.0 Å². The molecule has 21 heavy (non-hydrogen) atoms. The summed E-state index contributed by atoms with van der Waals surface area (Å²) in [6, 6.07) is 8.69. The predicted molar refractivity (Wildman–Crippen MR) is 79.9 cm³/mol. The standard InChI is InChI=1S/C16H20O3S.K/c1-3-6-12-10-11-15-14(13(12)7-4-2)8-5-9-16(15)20(17,18)19;/h5,8-11H,3-4,6-7H2,1-2H3,(H,17,18,19);/q;+1/p-1. The van der Waals surface area contributed by atoms with Crippen LogP contribution in [0.25, 0.3) is 10.8 Å². The fourth-order valence-corrected chi connectivity index (χ4v) is 3.40. The Bertz CT molecular complexity index is 724. The van der Waals surface area contributed by atoms with Gasteiger partial charge in [-0.15, -0.1) is 0 Å². The van der Waals surface area contributed by atoms with Crippen molar-refractivity contribution in [3.63, 3.8) is 0 Å². The summed E-state index contributed by atoms with van der Waals surface area (Å²) in [6.07, 6.45) is 3.90. The van der Waals surface area contributed by atoms with Crippen LogP contribution < -0.4 is 51.4 Å². The van der Waals surface area contributed by atoms with Crippen molar-refractivity contribution < 1.29 is 64.4 Å². The Morgan fingerprint density at radius 3 is 2.19 bits per heavy atom. The molecule has 0 amide bonds. The molecule has 3 nitrogen and oxygen atoms in total. The molecule has 0 saturated heterocycles. The van der Waals surface area contributed by atoms with E-state index in [-0.39, 0.29) is 56.3 Å². The van der Waals surface area contributed by atoms with Crippen LogP contribution in [0.1, 0.15) is 37.8 Å². The van der Waals surface area contributed by atoms with Gasteiger partial charge in [0.2, 0.25) is 0 Å². The van der Waals surface area contributed by atoms with Crippen molar-refractivity contribution >= 4 is 20.9 Å². The van der Waals surface area contributed by atoms with Gasteiger partial charge in [0.05, 0.1) is 4.90 Å². The first-order valence-electron chi connectivity index (χ1n) is 6.98. The van der Waals surface area contributed by atoms with Crippen molar-refractivity contribution in [1.82, 2.24) is 0 Å². The Kier molecular flexibility index (Phi) is 7.53. The number of benzene rings is 2. The Balaban J connectivity index is 0.00000220. The van der Waals surface area contributed by atoms with E-state index in [4.69, 9.17) is 0 Å². The molecule has 0 aromatic heterocycles. The van der Waals surface area contributed by atoms with Crippen LogP contribution in [0.5, 0.6) is 0 Å². The molecule has 0 unspecified atom stereocenters. The minimum Gasteiger partial charge on any atom is -0.744 e. The molecule has 0 radical (unpaired) electrons. The predicted octanol–water partition coefficient (Wildman–Crippen LogP) is 0.653. The zero-order chi connectivity index (χ0) is 14.8. The van der Waals surface area contributed by atoms with E-state index in [0.29, 0.717) is 5.39 Å². The van der Waals surface area contributed by atoms with E-state index in [2.05, 4.69) is 13.8 Å². The number of fused-ring (bicyclic) bond motifs is 1. The second-order valence-corrected chi connectivity index (χ2v) is 6.36. The molecule has 0 fully saturated rings. The van der Waals surface area contributed by atoms with E-state index < -0.39 is 10.1 Å². The maximum absolute atomic E-state index is 11.4. The van der Waals surface area contributed by atoms with Crippen LogP contribution in [0.4, 0.5) is 0 Å². The molecule has 2 aromatic rings. The maximum Gasteiger partial charge on any atom is 1.00 e. The van der Waals surface area contributed by atoms with Gasteiger partial charge >= 0.3 is 51.4 Å². The van der Waals surface area contributed by atoms with Crippen LogP contribution in [0.2, 0.25) is 0 Å². The quantitative estimate of drug-likeness (QED) is 0.597. The average Bonchev–Trinajstić information content (AvgIpc) is 2.40. The van der Waals surface area contributed by atoms with Crippen LogP contribution in [0, 0.1) is 0 Å². The molecule has 5 heteroatoms. The maximum atomic E-state index is 11.4. The van der Waals surface area contributed by atoms with Crippen LogP contribution in [0.3, 0.4) is 0 Å². The van der Waals surface area contributed by atoms with Gasteiger partial charge in [-0.2, -0.15) is 0 Å². The number of rotatable bonds is 5. The topological polar surface area (TPSA) is 57.2 Å². The molecule has 0 bridgehead atoms. The van der Waals surface area contributed by atoms with Crippen molar-refractivity contribution in [2.24, 2.45) is 0 Å². The van der Waals surface area contributed by atoms with Crippen molar-refractivity contribution in [3.05, 3.63) is 41.5 Å². The molecular weight excluding hydrogens is 311 g/mol. The SMILES string of the molecule is CCCc1ccc2c(S(=O)(=O)[O-])cccc2c1CCC.[K+]. The average molecular weight is 330 g/mol. The molecule has 0 heterocycles. The number of hydrogen-bond donors (Lipinski definition) is 0. The van der Waals surface area contributed by atoms with E-state index in [1.54, 1.807) is 12.1 Å². The van der Waals surface area contributed by atoms with Gasteiger partial charge in [0.1, 0.15) is 10.1 Å². The van der Waals surface area contributed by atoms with Crippen LogP contribution in [-0.2, 0) is 23.0 Å². The third-order valence-electron chi connectivity index (χ3n) is 3.52. The molecule has 2 aromatic carbocycles. The fraction of sp³-hybridized carbons (Fsp3) is 0.375. The monoisotopic (exact) mass is 330 g/mol. The van der Waals surface area contributed by atoms with Gasteiger partial charge in [0.15, 0.2) is 0 Å². The Hall–Kier alpha value is 0.246. The first-order valence-corrected chi connectivity index (χ1v) is 8.39. The van der Waals surface area contributed by atoms with Crippen LogP contribution >= 0.6 is 0 Å². The summed E-state index contributed by atoms with van der Waals surface area (Å²) in [4.78, 5) is -0.115. The summed E-state index contributed by atoms with van der Waals surface area (Å²) in [5, 5.41) is 1.44. The van der Waals surface area contributed by atoms with E-state index in [9.17, 15) is 13.0 Å². The zero-order valence-corrected chi connectivity index (χ0v) is 16.8. The van der Waals surface area contributed by atoms with Crippen LogP contribution in [0.15, 0.2) is 35.2 Å². The first-order chi connectivity index (χ1) is 9.49. The van der Waals surface area contributed by atoms with Gasteiger partial charge in [-0.05, 0) is 40.8 Å². The molecule has 0 N–H and O–H groups in total. The summed E-state index contributed by atoms with van der Waals surface area (Å²) in [7, 11) is -4.44. The van der Waals surface area contributed by atoms with Gasteiger partial charge in [-0.3, -0.25) is 0 Å². The number of hydrogen-bond acceptors (Lipinski definition) is 3. The van der Waals surface area contributed by atoms with Gasteiger partial charge < -0.3 is 4.55 Å². The van der Waals surface area contributed by atoms with Gasteiger partial charge in [0, 0.05) is 0 Å². The van der Waals surface area contributed by atoms with Crippen molar-refractivity contribution in [2.75, 3.05) is 0 Å². The third-order valence-corrected chi connectivity index (χ3v) is 4.41. The van der Waals surface area contributed by atoms with Crippen molar-refractivity contribution in [3.8, 4) is 0 Å². The van der Waals surface area contributed by atoms with E-state index in [1.807, 2.05) is 12.1 Å². The second kappa shape index (κ2) is 8.20. The van der Waals surface area contributed by atoms with Crippen LogP contribution in [-0.4, -0.2) is 13.0 Å². The molecule has 2 rings (SSSR count). The first kappa shape index (κ1) is 19.3. The summed E-state index contributed by atoms with van der Waals surface area (Å²) < 4.78 is 34.1. The van der Waals surface area contributed by atoms with Crippen molar-refractivity contribution in [2.45, 2.75) is 44.4 Å². The summed E-state index contributed by atoms with van der Waals surface area (Å²) in [5.74, 6) is 0. The Morgan fingerprint density at radius 1 is 0.952 bits per heavy atom. The smallest absolute Gasteiger partial charge is 0.744 e. The molecule has 0 saturated carbocycles. The normalized spacial score (nSPS) is 11.4. The third kappa shape index (κ3) is 4.38. The summed E-state index contributed by atoms with van der Waals surface area (Å²) >= 11 is 0. The Morgan fingerprint density at radius 2 is 1.62 bits per heavy atom. The summed E-state index contributed by atoms with van der Waals surface area (Å²) in [5.41, 5.74) is 2.43. The minimum atomic E-state index is -4.44. The van der Waals surface area contributed by atoms with Crippen molar-refractivity contribution in [1.29, 1.82) is 0 Å². The Labute approximate surface area is 169 Å². The molecular formula is C16H19KO3S. The molecule has 0 aliphatic heterocycles. The molecule has 0 atom stereocenters. The second-order valence-electron chi connectivity index (χ2n) is 5.01. The van der Waals surface area contributed by atoms with Gasteiger partial charge in [0.25, 0.3) is 0 Å². The molecule has 108 valence electrons. The van der Waals surface area contributed by atoms with E-state index in [1.165, 1.54) is 17.2 Å². The zero-order valence-electron chi connectivity index (χ0n) is 12.8. The van der Waals surface area contributed by atoms with Gasteiger partial charge in [-0.25, -0.2) is 8.42 Å². The molecule has 0 aliphatic carbocycles.